The zero-order valence-corrected chi connectivity index (χ0v) is 12.0. The van der Waals surface area contributed by atoms with Crippen molar-refractivity contribution in [3.8, 4) is 11.5 Å². The Bertz CT molecular complexity index is 570. The molecule has 1 aliphatic heterocycles. The van der Waals surface area contributed by atoms with Gasteiger partial charge in [0.1, 0.15) is 0 Å². The van der Waals surface area contributed by atoms with Gasteiger partial charge in [-0.15, -0.1) is 10.2 Å². The second-order valence-corrected chi connectivity index (χ2v) is 5.36. The highest BCUT2D eigenvalue weighted by atomic mass is 35.5. The average Bonchev–Trinajstić information content (AvgIpc) is 2.88. The van der Waals surface area contributed by atoms with E-state index in [4.69, 9.17) is 20.8 Å². The molecular formula is C14H16ClN3O2. The van der Waals surface area contributed by atoms with Gasteiger partial charge in [-0.05, 0) is 31.2 Å². The molecule has 1 aromatic carbocycles. The van der Waals surface area contributed by atoms with Gasteiger partial charge in [0.25, 0.3) is 0 Å². The maximum absolute atomic E-state index is 5.86. The lowest BCUT2D eigenvalue weighted by atomic mass is 10.2. The van der Waals surface area contributed by atoms with Gasteiger partial charge in [0.15, 0.2) is 0 Å². The molecule has 1 unspecified atom stereocenters. The fourth-order valence-electron chi connectivity index (χ4n) is 2.25. The lowest BCUT2D eigenvalue weighted by Gasteiger charge is -2.29. The SMILES string of the molecule is CC1CN(Cc2nnc(-c3ccc(Cl)cc3)o2)CCO1. The minimum Gasteiger partial charge on any atom is -0.419 e. The number of ether oxygens (including phenoxy) is 1. The van der Waals surface area contributed by atoms with Crippen LogP contribution in [0.15, 0.2) is 28.7 Å². The van der Waals surface area contributed by atoms with Crippen molar-refractivity contribution in [1.29, 1.82) is 0 Å². The van der Waals surface area contributed by atoms with Crippen LogP contribution in [0.4, 0.5) is 0 Å². The average molecular weight is 294 g/mol. The molecule has 0 aliphatic carbocycles. The quantitative estimate of drug-likeness (QED) is 0.871. The second kappa shape index (κ2) is 5.91. The molecule has 1 aliphatic rings. The Morgan fingerprint density at radius 2 is 2.10 bits per heavy atom. The van der Waals surface area contributed by atoms with Crippen molar-refractivity contribution in [3.63, 3.8) is 0 Å². The molecule has 0 radical (unpaired) electrons. The molecule has 0 saturated carbocycles. The van der Waals surface area contributed by atoms with Crippen LogP contribution in [0, 0.1) is 0 Å². The van der Waals surface area contributed by atoms with Gasteiger partial charge in [-0.3, -0.25) is 4.90 Å². The summed E-state index contributed by atoms with van der Waals surface area (Å²) in [5.41, 5.74) is 0.878. The smallest absolute Gasteiger partial charge is 0.247 e. The van der Waals surface area contributed by atoms with E-state index < -0.39 is 0 Å². The van der Waals surface area contributed by atoms with Crippen LogP contribution in [0.5, 0.6) is 0 Å². The summed E-state index contributed by atoms with van der Waals surface area (Å²) in [5.74, 6) is 1.15. The maximum atomic E-state index is 5.86. The van der Waals surface area contributed by atoms with Gasteiger partial charge in [0.05, 0.1) is 19.3 Å². The molecule has 6 heteroatoms. The number of aromatic nitrogens is 2. The van der Waals surface area contributed by atoms with Crippen LogP contribution in [-0.2, 0) is 11.3 Å². The number of halogens is 1. The first-order valence-electron chi connectivity index (χ1n) is 6.63. The molecule has 1 aromatic heterocycles. The van der Waals surface area contributed by atoms with Crippen molar-refractivity contribution in [3.05, 3.63) is 35.2 Å². The minimum atomic E-state index is 0.252. The van der Waals surface area contributed by atoms with Crippen molar-refractivity contribution in [2.45, 2.75) is 19.6 Å². The number of rotatable bonds is 3. The topological polar surface area (TPSA) is 51.4 Å². The van der Waals surface area contributed by atoms with E-state index in [-0.39, 0.29) is 6.10 Å². The van der Waals surface area contributed by atoms with Crippen LogP contribution in [0.25, 0.3) is 11.5 Å². The third-order valence-corrected chi connectivity index (χ3v) is 3.49. The zero-order chi connectivity index (χ0) is 13.9. The summed E-state index contributed by atoms with van der Waals surface area (Å²) in [6, 6.07) is 7.36. The van der Waals surface area contributed by atoms with E-state index in [1.807, 2.05) is 24.3 Å². The van der Waals surface area contributed by atoms with Gasteiger partial charge >= 0.3 is 0 Å². The molecule has 0 amide bonds. The lowest BCUT2D eigenvalue weighted by molar-refractivity contribution is -0.0235. The van der Waals surface area contributed by atoms with E-state index in [1.165, 1.54) is 0 Å². The molecular weight excluding hydrogens is 278 g/mol. The van der Waals surface area contributed by atoms with Crippen LogP contribution in [0.1, 0.15) is 12.8 Å². The largest absolute Gasteiger partial charge is 0.419 e. The summed E-state index contributed by atoms with van der Waals surface area (Å²) in [7, 11) is 0. The predicted molar refractivity (Wildman–Crippen MR) is 75.4 cm³/mol. The summed E-state index contributed by atoms with van der Waals surface area (Å²) < 4.78 is 11.2. The maximum Gasteiger partial charge on any atom is 0.247 e. The Hall–Kier alpha value is -1.43. The van der Waals surface area contributed by atoms with Gasteiger partial charge < -0.3 is 9.15 Å². The van der Waals surface area contributed by atoms with Gasteiger partial charge in [0.2, 0.25) is 11.8 Å². The molecule has 5 nitrogen and oxygen atoms in total. The van der Waals surface area contributed by atoms with Gasteiger partial charge in [-0.2, -0.15) is 0 Å². The number of nitrogens with zero attached hydrogens (tertiary/aromatic N) is 3. The molecule has 0 spiro atoms. The van der Waals surface area contributed by atoms with E-state index >= 15 is 0 Å². The summed E-state index contributed by atoms with van der Waals surface area (Å²) >= 11 is 5.86. The van der Waals surface area contributed by atoms with E-state index in [2.05, 4.69) is 22.0 Å². The van der Waals surface area contributed by atoms with E-state index in [0.29, 0.717) is 23.3 Å². The van der Waals surface area contributed by atoms with Crippen molar-refractivity contribution in [2.75, 3.05) is 19.7 Å². The van der Waals surface area contributed by atoms with Crippen molar-refractivity contribution < 1.29 is 9.15 Å². The van der Waals surface area contributed by atoms with Crippen LogP contribution in [0.3, 0.4) is 0 Å². The Morgan fingerprint density at radius 1 is 1.30 bits per heavy atom. The van der Waals surface area contributed by atoms with E-state index in [0.717, 1.165) is 25.3 Å². The summed E-state index contributed by atoms with van der Waals surface area (Å²) in [5, 5.41) is 8.88. The number of hydrogen-bond donors (Lipinski definition) is 0. The molecule has 2 aromatic rings. The molecule has 0 bridgehead atoms. The highest BCUT2D eigenvalue weighted by molar-refractivity contribution is 6.30. The first-order chi connectivity index (χ1) is 9.70. The van der Waals surface area contributed by atoms with Gasteiger partial charge in [-0.25, -0.2) is 0 Å². The molecule has 2 heterocycles. The second-order valence-electron chi connectivity index (χ2n) is 4.92. The first kappa shape index (κ1) is 13.5. The molecule has 1 fully saturated rings. The van der Waals surface area contributed by atoms with Crippen molar-refractivity contribution in [1.82, 2.24) is 15.1 Å². The summed E-state index contributed by atoms with van der Waals surface area (Å²) in [6.07, 6.45) is 0.252. The first-order valence-corrected chi connectivity index (χ1v) is 7.01. The van der Waals surface area contributed by atoms with Gasteiger partial charge in [0, 0.05) is 23.7 Å². The van der Waals surface area contributed by atoms with E-state index in [9.17, 15) is 0 Å². The minimum absolute atomic E-state index is 0.252. The van der Waals surface area contributed by atoms with Crippen LogP contribution in [0.2, 0.25) is 5.02 Å². The summed E-state index contributed by atoms with van der Waals surface area (Å²) in [6.45, 7) is 5.26. The monoisotopic (exact) mass is 293 g/mol. The molecule has 106 valence electrons. The van der Waals surface area contributed by atoms with Crippen LogP contribution >= 0.6 is 11.6 Å². The van der Waals surface area contributed by atoms with E-state index in [1.54, 1.807) is 0 Å². The van der Waals surface area contributed by atoms with Crippen LogP contribution < -0.4 is 0 Å². The summed E-state index contributed by atoms with van der Waals surface area (Å²) in [4.78, 5) is 2.26. The molecule has 3 rings (SSSR count). The fraction of sp³-hybridized carbons (Fsp3) is 0.429. The normalized spacial score (nSPS) is 20.2. The molecule has 1 saturated heterocycles. The predicted octanol–water partition coefficient (Wildman–Crippen LogP) is 2.61. The lowest BCUT2D eigenvalue weighted by Crippen LogP contribution is -2.40. The Balaban J connectivity index is 1.69. The fourth-order valence-corrected chi connectivity index (χ4v) is 2.38. The highest BCUT2D eigenvalue weighted by Gasteiger charge is 2.19. The Morgan fingerprint density at radius 3 is 2.85 bits per heavy atom. The number of hydrogen-bond acceptors (Lipinski definition) is 5. The molecule has 20 heavy (non-hydrogen) atoms. The Labute approximate surface area is 122 Å². The number of morpholine rings is 1. The molecule has 0 N–H and O–H groups in total. The van der Waals surface area contributed by atoms with Crippen LogP contribution in [-0.4, -0.2) is 40.9 Å². The molecule has 1 atom stereocenters. The standard InChI is InChI=1S/C14H16ClN3O2/c1-10-8-18(6-7-19-10)9-13-16-17-14(20-13)11-2-4-12(15)5-3-11/h2-5,10H,6-9H2,1H3. The number of benzene rings is 1. The van der Waals surface area contributed by atoms with Gasteiger partial charge in [-0.1, -0.05) is 11.6 Å². The highest BCUT2D eigenvalue weighted by Crippen LogP contribution is 2.21. The zero-order valence-electron chi connectivity index (χ0n) is 11.3. The van der Waals surface area contributed by atoms with Crippen molar-refractivity contribution >= 4 is 11.6 Å². The third kappa shape index (κ3) is 3.17. The van der Waals surface area contributed by atoms with Crippen molar-refractivity contribution in [2.24, 2.45) is 0 Å². The Kier molecular flexibility index (Phi) is 4.00. The third-order valence-electron chi connectivity index (χ3n) is 3.24.